The van der Waals surface area contributed by atoms with Crippen molar-refractivity contribution in [1.82, 2.24) is 0 Å². The van der Waals surface area contributed by atoms with Gasteiger partial charge in [0.15, 0.2) is 0 Å². The Hall–Kier alpha value is -2.13. The van der Waals surface area contributed by atoms with Crippen LogP contribution in [0, 0.1) is 5.92 Å². The Morgan fingerprint density at radius 1 is 1.05 bits per heavy atom. The largest absolute Gasteiger partial charge is 0.330 e. The highest BCUT2D eigenvalue weighted by Crippen LogP contribution is 2.21. The van der Waals surface area contributed by atoms with Crippen molar-refractivity contribution >= 4 is 11.6 Å². The van der Waals surface area contributed by atoms with Gasteiger partial charge >= 0.3 is 0 Å². The second-order valence-corrected chi connectivity index (χ2v) is 5.15. The topological polar surface area (TPSA) is 55.1 Å². The molecule has 0 fully saturated rings. The van der Waals surface area contributed by atoms with Gasteiger partial charge in [-0.2, -0.15) is 0 Å². The van der Waals surface area contributed by atoms with Crippen molar-refractivity contribution in [2.75, 3.05) is 11.9 Å². The third-order valence-electron chi connectivity index (χ3n) is 3.55. The zero-order valence-electron chi connectivity index (χ0n) is 12.4. The fourth-order valence-corrected chi connectivity index (χ4v) is 2.33. The van der Waals surface area contributed by atoms with Gasteiger partial charge in [-0.3, -0.25) is 4.79 Å². The van der Waals surface area contributed by atoms with Gasteiger partial charge in [-0.05, 0) is 29.7 Å². The molecule has 0 aliphatic rings. The van der Waals surface area contributed by atoms with Gasteiger partial charge in [0.25, 0.3) is 0 Å². The molecule has 3 nitrogen and oxygen atoms in total. The number of benzene rings is 2. The number of rotatable bonds is 6. The second kappa shape index (κ2) is 7.60. The molecular formula is C18H22N2O. The molecule has 0 saturated carbocycles. The minimum Gasteiger partial charge on any atom is -0.330 e. The minimum absolute atomic E-state index is 0.00631. The molecule has 1 amide bonds. The molecule has 110 valence electrons. The van der Waals surface area contributed by atoms with Crippen molar-refractivity contribution in [2.45, 2.75) is 19.8 Å². The maximum absolute atomic E-state index is 12.1. The Morgan fingerprint density at radius 2 is 1.67 bits per heavy atom. The van der Waals surface area contributed by atoms with Gasteiger partial charge in [0.2, 0.25) is 5.91 Å². The van der Waals surface area contributed by atoms with Crippen LogP contribution in [0.5, 0.6) is 0 Å². The van der Waals surface area contributed by atoms with Crippen LogP contribution in [0.4, 0.5) is 5.69 Å². The standard InChI is InChI=1S/C18H22N2O/c1-2-6-16(13-19)18(21)20-17-11-9-15(10-12-17)14-7-4-3-5-8-14/h3-5,7-12,16H,2,6,13,19H2,1H3,(H,20,21). The van der Waals surface area contributed by atoms with E-state index in [0.29, 0.717) is 6.54 Å². The molecule has 0 bridgehead atoms. The number of amides is 1. The van der Waals surface area contributed by atoms with Gasteiger partial charge in [0, 0.05) is 12.2 Å². The zero-order chi connectivity index (χ0) is 15.1. The van der Waals surface area contributed by atoms with Crippen LogP contribution in [0.25, 0.3) is 11.1 Å². The summed E-state index contributed by atoms with van der Waals surface area (Å²) in [7, 11) is 0. The van der Waals surface area contributed by atoms with Crippen LogP contribution in [0.3, 0.4) is 0 Å². The predicted molar refractivity (Wildman–Crippen MR) is 88.0 cm³/mol. The first-order chi connectivity index (χ1) is 10.2. The maximum Gasteiger partial charge on any atom is 0.228 e. The van der Waals surface area contributed by atoms with Crippen LogP contribution in [-0.2, 0) is 4.79 Å². The number of carbonyl (C=O) groups excluding carboxylic acids is 1. The molecule has 2 aromatic rings. The van der Waals surface area contributed by atoms with E-state index in [2.05, 4.69) is 24.4 Å². The fourth-order valence-electron chi connectivity index (χ4n) is 2.33. The smallest absolute Gasteiger partial charge is 0.228 e. The Morgan fingerprint density at radius 3 is 2.24 bits per heavy atom. The van der Waals surface area contributed by atoms with Crippen molar-refractivity contribution in [3.8, 4) is 11.1 Å². The second-order valence-electron chi connectivity index (χ2n) is 5.15. The SMILES string of the molecule is CCCC(CN)C(=O)Nc1ccc(-c2ccccc2)cc1. The number of carbonyl (C=O) groups is 1. The Balaban J connectivity index is 2.04. The summed E-state index contributed by atoms with van der Waals surface area (Å²) in [6.07, 6.45) is 1.78. The van der Waals surface area contributed by atoms with E-state index in [9.17, 15) is 4.79 Å². The molecule has 0 radical (unpaired) electrons. The monoisotopic (exact) mass is 282 g/mol. The summed E-state index contributed by atoms with van der Waals surface area (Å²) in [4.78, 5) is 12.1. The first-order valence-electron chi connectivity index (χ1n) is 7.41. The summed E-state index contributed by atoms with van der Waals surface area (Å²) in [6, 6.07) is 18.1. The summed E-state index contributed by atoms with van der Waals surface area (Å²) in [5.41, 5.74) is 8.77. The lowest BCUT2D eigenvalue weighted by atomic mass is 10.0. The Bertz CT molecular complexity index is 564. The van der Waals surface area contributed by atoms with E-state index >= 15 is 0 Å². The van der Waals surface area contributed by atoms with E-state index in [1.165, 1.54) is 5.56 Å². The van der Waals surface area contributed by atoms with Gasteiger partial charge in [0.1, 0.15) is 0 Å². The molecule has 2 rings (SSSR count). The van der Waals surface area contributed by atoms with Gasteiger partial charge in [-0.25, -0.2) is 0 Å². The molecule has 0 aromatic heterocycles. The number of hydrogen-bond acceptors (Lipinski definition) is 2. The summed E-state index contributed by atoms with van der Waals surface area (Å²) < 4.78 is 0. The molecule has 3 N–H and O–H groups in total. The summed E-state index contributed by atoms with van der Waals surface area (Å²) in [5.74, 6) is -0.101. The summed E-state index contributed by atoms with van der Waals surface area (Å²) in [6.45, 7) is 2.45. The lowest BCUT2D eigenvalue weighted by Gasteiger charge is -2.14. The number of hydrogen-bond donors (Lipinski definition) is 2. The summed E-state index contributed by atoms with van der Waals surface area (Å²) in [5, 5.41) is 2.94. The Labute approximate surface area is 126 Å². The lowest BCUT2D eigenvalue weighted by Crippen LogP contribution is -2.29. The van der Waals surface area contributed by atoms with Crippen molar-refractivity contribution in [2.24, 2.45) is 11.7 Å². The normalized spacial score (nSPS) is 11.9. The average molecular weight is 282 g/mol. The first-order valence-corrected chi connectivity index (χ1v) is 7.41. The predicted octanol–water partition coefficient (Wildman–Crippen LogP) is 3.67. The van der Waals surface area contributed by atoms with E-state index in [1.807, 2.05) is 42.5 Å². The minimum atomic E-state index is -0.108. The van der Waals surface area contributed by atoms with Crippen LogP contribution in [0.1, 0.15) is 19.8 Å². The van der Waals surface area contributed by atoms with Crippen molar-refractivity contribution in [1.29, 1.82) is 0 Å². The Kier molecular flexibility index (Phi) is 5.52. The van der Waals surface area contributed by atoms with E-state index in [1.54, 1.807) is 0 Å². The highest BCUT2D eigenvalue weighted by molar-refractivity contribution is 5.92. The van der Waals surface area contributed by atoms with E-state index in [4.69, 9.17) is 5.73 Å². The highest BCUT2D eigenvalue weighted by atomic mass is 16.1. The van der Waals surface area contributed by atoms with Gasteiger partial charge in [-0.1, -0.05) is 55.8 Å². The molecule has 0 aliphatic heterocycles. The zero-order valence-corrected chi connectivity index (χ0v) is 12.4. The lowest BCUT2D eigenvalue weighted by molar-refractivity contribution is -0.119. The number of anilines is 1. The fraction of sp³-hybridized carbons (Fsp3) is 0.278. The van der Waals surface area contributed by atoms with Crippen molar-refractivity contribution < 1.29 is 4.79 Å². The van der Waals surface area contributed by atoms with Gasteiger partial charge < -0.3 is 11.1 Å². The summed E-state index contributed by atoms with van der Waals surface area (Å²) >= 11 is 0. The van der Waals surface area contributed by atoms with Crippen LogP contribution >= 0.6 is 0 Å². The van der Waals surface area contributed by atoms with E-state index in [0.717, 1.165) is 24.1 Å². The van der Waals surface area contributed by atoms with Crippen LogP contribution < -0.4 is 11.1 Å². The molecule has 21 heavy (non-hydrogen) atoms. The molecular weight excluding hydrogens is 260 g/mol. The van der Waals surface area contributed by atoms with Gasteiger partial charge in [-0.15, -0.1) is 0 Å². The van der Waals surface area contributed by atoms with E-state index in [-0.39, 0.29) is 11.8 Å². The van der Waals surface area contributed by atoms with Crippen LogP contribution in [0.2, 0.25) is 0 Å². The molecule has 3 heteroatoms. The van der Waals surface area contributed by atoms with Crippen molar-refractivity contribution in [3.63, 3.8) is 0 Å². The molecule has 1 atom stereocenters. The van der Waals surface area contributed by atoms with E-state index < -0.39 is 0 Å². The maximum atomic E-state index is 12.1. The highest BCUT2D eigenvalue weighted by Gasteiger charge is 2.15. The molecule has 0 saturated heterocycles. The molecule has 1 unspecified atom stereocenters. The molecule has 0 heterocycles. The molecule has 0 spiro atoms. The first kappa shape index (κ1) is 15.3. The number of nitrogens with one attached hydrogen (secondary N) is 1. The van der Waals surface area contributed by atoms with Crippen LogP contribution in [-0.4, -0.2) is 12.5 Å². The third kappa shape index (κ3) is 4.17. The average Bonchev–Trinajstić information content (AvgIpc) is 2.54. The van der Waals surface area contributed by atoms with Gasteiger partial charge in [0.05, 0.1) is 5.92 Å². The quantitative estimate of drug-likeness (QED) is 0.849. The molecule has 0 aliphatic carbocycles. The molecule has 2 aromatic carbocycles. The number of nitrogens with two attached hydrogens (primary N) is 1. The van der Waals surface area contributed by atoms with Crippen molar-refractivity contribution in [3.05, 3.63) is 54.6 Å². The van der Waals surface area contributed by atoms with Crippen LogP contribution in [0.15, 0.2) is 54.6 Å². The third-order valence-corrected chi connectivity index (χ3v) is 3.55.